The summed E-state index contributed by atoms with van der Waals surface area (Å²) in [6.45, 7) is 23.1. The molecule has 0 aliphatic carbocycles. The molecule has 4 rings (SSSR count). The van der Waals surface area contributed by atoms with Crippen LogP contribution in [0.4, 0.5) is 42.1 Å². The Kier molecular flexibility index (Phi) is 14.1. The van der Waals surface area contributed by atoms with Crippen LogP contribution in [0, 0.1) is 0 Å². The average molecular weight is 797 g/mol. The zero-order valence-electron chi connectivity index (χ0n) is 35.7. The molecule has 2 aliphatic heterocycles. The summed E-state index contributed by atoms with van der Waals surface area (Å²) in [4.78, 5) is 61.1. The van der Waals surface area contributed by atoms with Gasteiger partial charge in [0.15, 0.2) is 5.82 Å². The van der Waals surface area contributed by atoms with Crippen LogP contribution in [0.15, 0.2) is 42.6 Å². The SMILES string of the molecule is CC(C)(C)OC(=O)NC1CC(NC(=O)OC(C)(C)C)CN(c2cnc(Nc3ccccc3)c(N3CC(NC(=O)OC(C)(C)C)CC(NC(=O)OC(C)(C)C)C3)c2)C1. The number of nitrogens with zero attached hydrogens (tertiary/aromatic N) is 3. The molecule has 16 heteroatoms. The number of anilines is 4. The van der Waals surface area contributed by atoms with E-state index in [1.54, 1.807) is 89.3 Å². The van der Waals surface area contributed by atoms with E-state index in [1.165, 1.54) is 0 Å². The molecule has 2 aromatic rings. The maximum Gasteiger partial charge on any atom is 0.407 e. The number of carbonyl (C=O) groups excluding carboxylic acids is 4. The van der Waals surface area contributed by atoms with Crippen molar-refractivity contribution in [2.75, 3.05) is 41.3 Å². The van der Waals surface area contributed by atoms with Gasteiger partial charge in [-0.1, -0.05) is 18.2 Å². The molecule has 0 bridgehead atoms. The van der Waals surface area contributed by atoms with Gasteiger partial charge in [-0.3, -0.25) is 0 Å². The number of hydrogen-bond donors (Lipinski definition) is 5. The third-order valence-electron chi connectivity index (χ3n) is 8.38. The summed E-state index contributed by atoms with van der Waals surface area (Å²) in [5.74, 6) is 0.544. The Morgan fingerprint density at radius 1 is 0.561 bits per heavy atom. The molecule has 0 saturated carbocycles. The molecule has 3 heterocycles. The summed E-state index contributed by atoms with van der Waals surface area (Å²) >= 11 is 0. The summed E-state index contributed by atoms with van der Waals surface area (Å²) in [5, 5.41) is 15.4. The van der Waals surface area contributed by atoms with E-state index in [-0.39, 0.29) is 0 Å². The Bertz CT molecular complexity index is 1620. The summed E-state index contributed by atoms with van der Waals surface area (Å²) in [6.07, 6.45) is 0.336. The van der Waals surface area contributed by atoms with Gasteiger partial charge in [-0.2, -0.15) is 0 Å². The number of hydrogen-bond acceptors (Lipinski definition) is 12. The normalized spacial score (nSPS) is 20.4. The first kappa shape index (κ1) is 44.6. The van der Waals surface area contributed by atoms with Crippen molar-refractivity contribution in [2.24, 2.45) is 0 Å². The number of piperidine rings is 2. The van der Waals surface area contributed by atoms with Crippen molar-refractivity contribution in [1.29, 1.82) is 0 Å². The van der Waals surface area contributed by atoms with Gasteiger partial charge in [-0.15, -0.1) is 0 Å². The molecule has 57 heavy (non-hydrogen) atoms. The highest BCUT2D eigenvalue weighted by atomic mass is 16.6. The molecule has 0 spiro atoms. The first-order chi connectivity index (χ1) is 26.3. The monoisotopic (exact) mass is 796 g/mol. The minimum absolute atomic E-state index is 0.367. The lowest BCUT2D eigenvalue weighted by atomic mass is 9.99. The molecule has 4 unspecified atom stereocenters. The highest BCUT2D eigenvalue weighted by molar-refractivity contribution is 5.77. The van der Waals surface area contributed by atoms with Gasteiger partial charge >= 0.3 is 24.4 Å². The average Bonchev–Trinajstić information content (AvgIpc) is 3.01. The minimum atomic E-state index is -0.710. The van der Waals surface area contributed by atoms with Crippen LogP contribution < -0.4 is 36.4 Å². The summed E-state index contributed by atoms with van der Waals surface area (Å²) in [6, 6.07) is 9.94. The number of benzene rings is 1. The quantitative estimate of drug-likeness (QED) is 0.176. The molecule has 5 N–H and O–H groups in total. The lowest BCUT2D eigenvalue weighted by Gasteiger charge is -2.42. The number of ether oxygens (including phenoxy) is 4. The topological polar surface area (TPSA) is 185 Å². The van der Waals surface area contributed by atoms with E-state index in [0.29, 0.717) is 56.2 Å². The number of carbonyl (C=O) groups is 4. The fraction of sp³-hybridized carbons (Fsp3) is 0.634. The van der Waals surface area contributed by atoms with Crippen molar-refractivity contribution in [2.45, 2.75) is 142 Å². The maximum absolute atomic E-state index is 13.0. The molecule has 2 saturated heterocycles. The van der Waals surface area contributed by atoms with Gasteiger partial charge in [-0.05, 0) is 114 Å². The Morgan fingerprint density at radius 2 is 0.912 bits per heavy atom. The van der Waals surface area contributed by atoms with Crippen LogP contribution in [0.2, 0.25) is 0 Å². The number of para-hydroxylation sites is 1. The Labute approximate surface area is 337 Å². The highest BCUT2D eigenvalue weighted by Gasteiger charge is 2.35. The molecule has 1 aromatic heterocycles. The molecular formula is C41H64N8O8. The van der Waals surface area contributed by atoms with E-state index < -0.39 is 70.9 Å². The lowest BCUT2D eigenvalue weighted by molar-refractivity contribution is 0.0452. The van der Waals surface area contributed by atoms with Crippen LogP contribution in [0.1, 0.15) is 95.9 Å². The molecule has 2 aliphatic rings. The van der Waals surface area contributed by atoms with Crippen LogP contribution >= 0.6 is 0 Å². The third kappa shape index (κ3) is 15.7. The number of pyridine rings is 1. The second-order valence-corrected chi connectivity index (χ2v) is 18.7. The number of amides is 4. The highest BCUT2D eigenvalue weighted by Crippen LogP contribution is 2.34. The van der Waals surface area contributed by atoms with Gasteiger partial charge in [-0.25, -0.2) is 24.2 Å². The molecule has 2 fully saturated rings. The number of rotatable bonds is 8. The van der Waals surface area contributed by atoms with Crippen molar-refractivity contribution in [3.05, 3.63) is 42.6 Å². The van der Waals surface area contributed by atoms with Gasteiger partial charge in [0.1, 0.15) is 22.4 Å². The molecule has 4 atom stereocenters. The van der Waals surface area contributed by atoms with E-state index in [9.17, 15) is 19.2 Å². The molecule has 0 radical (unpaired) electrons. The van der Waals surface area contributed by atoms with Gasteiger partial charge in [0.2, 0.25) is 0 Å². The molecular weight excluding hydrogens is 732 g/mol. The van der Waals surface area contributed by atoms with Crippen molar-refractivity contribution >= 4 is 47.3 Å². The van der Waals surface area contributed by atoms with Crippen molar-refractivity contribution in [1.82, 2.24) is 26.3 Å². The standard InChI is InChI=1S/C41H64N8O8/c1-38(2,3)54-34(50)44-27-18-28(45-35(51)55-39(4,5)6)23-48(22-27)31-20-32(33(42-21-31)43-26-16-14-13-15-17-26)49-24-29(46-36(52)56-40(7,8)9)19-30(25-49)47-37(53)57-41(10,11)12/h13-17,20-21,27-30H,18-19,22-25H2,1-12H3,(H,42,43)(H,44,50)(H,45,51)(H,46,52)(H,47,53). The Morgan fingerprint density at radius 3 is 1.26 bits per heavy atom. The van der Waals surface area contributed by atoms with E-state index in [4.69, 9.17) is 23.9 Å². The largest absolute Gasteiger partial charge is 0.444 e. The molecule has 16 nitrogen and oxygen atoms in total. The number of alkyl carbamates (subject to hydrolysis) is 4. The second-order valence-electron chi connectivity index (χ2n) is 18.7. The second kappa shape index (κ2) is 18.0. The predicted molar refractivity (Wildman–Crippen MR) is 220 cm³/mol. The summed E-state index contributed by atoms with van der Waals surface area (Å²) in [7, 11) is 0. The van der Waals surface area contributed by atoms with Gasteiger partial charge < -0.3 is 55.3 Å². The van der Waals surface area contributed by atoms with Crippen molar-refractivity contribution < 1.29 is 38.1 Å². The molecule has 316 valence electrons. The fourth-order valence-corrected chi connectivity index (χ4v) is 6.53. The number of nitrogens with one attached hydrogen (secondary N) is 5. The first-order valence-electron chi connectivity index (χ1n) is 19.6. The third-order valence-corrected chi connectivity index (χ3v) is 8.38. The summed E-state index contributed by atoms with van der Waals surface area (Å²) < 4.78 is 22.4. The van der Waals surface area contributed by atoms with Crippen LogP contribution in [0.25, 0.3) is 0 Å². The summed E-state index contributed by atoms with van der Waals surface area (Å²) in [5.41, 5.74) is -0.598. The van der Waals surface area contributed by atoms with E-state index in [0.717, 1.165) is 5.69 Å². The van der Waals surface area contributed by atoms with Crippen LogP contribution in [-0.4, -0.2) is 102 Å². The minimum Gasteiger partial charge on any atom is -0.444 e. The van der Waals surface area contributed by atoms with Gasteiger partial charge in [0, 0.05) is 31.9 Å². The fourth-order valence-electron chi connectivity index (χ4n) is 6.53. The molecule has 4 amide bonds. The Hall–Kier alpha value is -5.15. The van der Waals surface area contributed by atoms with Gasteiger partial charge in [0.25, 0.3) is 0 Å². The lowest BCUT2D eigenvalue weighted by Crippen LogP contribution is -2.58. The molecule has 1 aromatic carbocycles. The van der Waals surface area contributed by atoms with E-state index >= 15 is 0 Å². The van der Waals surface area contributed by atoms with Crippen molar-refractivity contribution in [3.63, 3.8) is 0 Å². The maximum atomic E-state index is 13.0. The van der Waals surface area contributed by atoms with Crippen molar-refractivity contribution in [3.8, 4) is 0 Å². The van der Waals surface area contributed by atoms with E-state index in [1.807, 2.05) is 41.3 Å². The smallest absolute Gasteiger partial charge is 0.407 e. The van der Waals surface area contributed by atoms with Crippen LogP contribution in [0.5, 0.6) is 0 Å². The van der Waals surface area contributed by atoms with Crippen LogP contribution in [0.3, 0.4) is 0 Å². The predicted octanol–water partition coefficient (Wildman–Crippen LogP) is 6.82. The van der Waals surface area contributed by atoms with Crippen LogP contribution in [-0.2, 0) is 18.9 Å². The zero-order valence-corrected chi connectivity index (χ0v) is 35.7. The first-order valence-corrected chi connectivity index (χ1v) is 19.6. The Balaban J connectivity index is 1.72. The zero-order chi connectivity index (χ0) is 42.3. The van der Waals surface area contributed by atoms with Gasteiger partial charge in [0.05, 0.1) is 41.7 Å². The van der Waals surface area contributed by atoms with E-state index in [2.05, 4.69) is 31.5 Å². The number of aromatic nitrogens is 1.